The first kappa shape index (κ1) is 14.2. The van der Waals surface area contributed by atoms with Crippen LogP contribution in [0.15, 0.2) is 17.5 Å². The molecule has 0 aliphatic carbocycles. The SMILES string of the molecule is CCc1nc(Cc2cccs2)sc1C1CCN(C)CC1. The minimum absolute atomic E-state index is 0.746. The van der Waals surface area contributed by atoms with Gasteiger partial charge in [0.2, 0.25) is 0 Å². The van der Waals surface area contributed by atoms with Gasteiger partial charge in [-0.3, -0.25) is 0 Å². The lowest BCUT2D eigenvalue weighted by atomic mass is 9.94. The molecule has 0 atom stereocenters. The van der Waals surface area contributed by atoms with Gasteiger partial charge in [0.05, 0.1) is 10.7 Å². The Bertz CT molecular complexity index is 537. The van der Waals surface area contributed by atoms with Crippen LogP contribution in [0.1, 0.15) is 46.1 Å². The van der Waals surface area contributed by atoms with Gasteiger partial charge < -0.3 is 4.90 Å². The third-order valence-corrected chi connectivity index (χ3v) is 6.24. The van der Waals surface area contributed by atoms with Crippen LogP contribution in [0.4, 0.5) is 0 Å². The second-order valence-corrected chi connectivity index (χ2v) is 7.75. The number of aromatic nitrogens is 1. The summed E-state index contributed by atoms with van der Waals surface area (Å²) in [4.78, 5) is 10.4. The van der Waals surface area contributed by atoms with Crippen molar-refractivity contribution in [3.63, 3.8) is 0 Å². The lowest BCUT2D eigenvalue weighted by Gasteiger charge is -2.28. The summed E-state index contributed by atoms with van der Waals surface area (Å²) >= 11 is 3.80. The molecule has 2 nitrogen and oxygen atoms in total. The van der Waals surface area contributed by atoms with E-state index in [0.717, 1.165) is 18.8 Å². The van der Waals surface area contributed by atoms with Crippen molar-refractivity contribution in [3.05, 3.63) is 38.0 Å². The fraction of sp³-hybridized carbons (Fsp3) is 0.562. The third-order valence-electron chi connectivity index (χ3n) is 4.10. The smallest absolute Gasteiger partial charge is 0.0983 e. The molecule has 2 aromatic heterocycles. The number of thiophene rings is 1. The lowest BCUT2D eigenvalue weighted by molar-refractivity contribution is 0.256. The van der Waals surface area contributed by atoms with E-state index < -0.39 is 0 Å². The van der Waals surface area contributed by atoms with Crippen molar-refractivity contribution >= 4 is 22.7 Å². The summed E-state index contributed by atoms with van der Waals surface area (Å²) in [6.07, 6.45) is 4.68. The Morgan fingerprint density at radius 2 is 2.15 bits per heavy atom. The Morgan fingerprint density at radius 3 is 2.80 bits per heavy atom. The van der Waals surface area contributed by atoms with Crippen LogP contribution < -0.4 is 0 Å². The van der Waals surface area contributed by atoms with E-state index in [-0.39, 0.29) is 0 Å². The fourth-order valence-electron chi connectivity index (χ4n) is 2.90. The number of rotatable bonds is 4. The van der Waals surface area contributed by atoms with Gasteiger partial charge in [-0.05, 0) is 56.8 Å². The largest absolute Gasteiger partial charge is 0.306 e. The summed E-state index contributed by atoms with van der Waals surface area (Å²) in [6, 6.07) is 4.35. The van der Waals surface area contributed by atoms with Crippen molar-refractivity contribution < 1.29 is 0 Å². The van der Waals surface area contributed by atoms with Gasteiger partial charge in [-0.25, -0.2) is 4.98 Å². The summed E-state index contributed by atoms with van der Waals surface area (Å²) < 4.78 is 0. The van der Waals surface area contributed by atoms with Gasteiger partial charge in [-0.2, -0.15) is 0 Å². The zero-order chi connectivity index (χ0) is 13.9. The highest BCUT2D eigenvalue weighted by atomic mass is 32.1. The van der Waals surface area contributed by atoms with Crippen molar-refractivity contribution in [3.8, 4) is 0 Å². The van der Waals surface area contributed by atoms with Crippen molar-refractivity contribution in [2.45, 2.75) is 38.5 Å². The average molecular weight is 307 g/mol. The Balaban J connectivity index is 1.78. The van der Waals surface area contributed by atoms with Crippen LogP contribution in [0.25, 0.3) is 0 Å². The fourth-order valence-corrected chi connectivity index (χ4v) is 5.04. The minimum Gasteiger partial charge on any atom is -0.306 e. The Kier molecular flexibility index (Phi) is 4.54. The molecule has 3 rings (SSSR count). The van der Waals surface area contributed by atoms with E-state index in [1.54, 1.807) is 4.88 Å². The number of hydrogen-bond acceptors (Lipinski definition) is 4. The first-order valence-electron chi connectivity index (χ1n) is 7.45. The second kappa shape index (κ2) is 6.37. The Morgan fingerprint density at radius 1 is 1.35 bits per heavy atom. The molecule has 2 aromatic rings. The highest BCUT2D eigenvalue weighted by molar-refractivity contribution is 7.12. The Hall–Kier alpha value is -0.710. The molecular weight excluding hydrogens is 284 g/mol. The van der Waals surface area contributed by atoms with Crippen molar-refractivity contribution in [1.82, 2.24) is 9.88 Å². The summed E-state index contributed by atoms with van der Waals surface area (Å²) in [5.41, 5.74) is 1.36. The van der Waals surface area contributed by atoms with Crippen LogP contribution in [0.3, 0.4) is 0 Å². The Labute approximate surface area is 129 Å². The molecule has 108 valence electrons. The van der Waals surface area contributed by atoms with E-state index in [1.165, 1.54) is 41.5 Å². The number of aryl methyl sites for hydroxylation is 1. The van der Waals surface area contributed by atoms with Crippen LogP contribution in [0, 0.1) is 0 Å². The summed E-state index contributed by atoms with van der Waals surface area (Å²) in [5, 5.41) is 3.46. The molecule has 0 aromatic carbocycles. The molecule has 1 aliphatic rings. The molecule has 0 bridgehead atoms. The molecule has 1 fully saturated rings. The predicted molar refractivity (Wildman–Crippen MR) is 88.1 cm³/mol. The normalized spacial score (nSPS) is 17.7. The molecule has 3 heterocycles. The molecule has 0 radical (unpaired) electrons. The molecular formula is C16H22N2S2. The molecule has 20 heavy (non-hydrogen) atoms. The summed E-state index contributed by atoms with van der Waals surface area (Å²) in [7, 11) is 2.23. The highest BCUT2D eigenvalue weighted by Gasteiger charge is 2.23. The van der Waals surface area contributed by atoms with Crippen LogP contribution in [-0.4, -0.2) is 30.0 Å². The first-order chi connectivity index (χ1) is 9.76. The predicted octanol–water partition coefficient (Wildman–Crippen LogP) is 4.17. The van der Waals surface area contributed by atoms with E-state index in [4.69, 9.17) is 4.98 Å². The van der Waals surface area contributed by atoms with Gasteiger partial charge in [0.1, 0.15) is 0 Å². The molecule has 0 unspecified atom stereocenters. The van der Waals surface area contributed by atoms with Crippen LogP contribution in [0.2, 0.25) is 0 Å². The van der Waals surface area contributed by atoms with Crippen molar-refractivity contribution in [1.29, 1.82) is 0 Å². The molecule has 1 aliphatic heterocycles. The van der Waals surface area contributed by atoms with E-state index in [0.29, 0.717) is 0 Å². The number of piperidine rings is 1. The quantitative estimate of drug-likeness (QED) is 0.843. The zero-order valence-corrected chi connectivity index (χ0v) is 13.9. The van der Waals surface area contributed by atoms with Gasteiger partial charge in [-0.15, -0.1) is 22.7 Å². The zero-order valence-electron chi connectivity index (χ0n) is 12.3. The maximum atomic E-state index is 4.91. The van der Waals surface area contributed by atoms with Crippen LogP contribution >= 0.6 is 22.7 Å². The maximum Gasteiger partial charge on any atom is 0.0983 e. The number of thiazole rings is 1. The molecule has 0 spiro atoms. The topological polar surface area (TPSA) is 16.1 Å². The molecule has 0 N–H and O–H groups in total. The summed E-state index contributed by atoms with van der Waals surface area (Å²) in [6.45, 7) is 4.69. The van der Waals surface area contributed by atoms with Gasteiger partial charge in [-0.1, -0.05) is 13.0 Å². The molecule has 0 amide bonds. The van der Waals surface area contributed by atoms with Crippen LogP contribution in [-0.2, 0) is 12.8 Å². The van der Waals surface area contributed by atoms with Gasteiger partial charge >= 0.3 is 0 Å². The molecule has 4 heteroatoms. The highest BCUT2D eigenvalue weighted by Crippen LogP contribution is 2.35. The number of nitrogens with zero attached hydrogens (tertiary/aromatic N) is 2. The minimum atomic E-state index is 0.746. The maximum absolute atomic E-state index is 4.91. The second-order valence-electron chi connectivity index (χ2n) is 5.61. The van der Waals surface area contributed by atoms with Gasteiger partial charge in [0.25, 0.3) is 0 Å². The van der Waals surface area contributed by atoms with Gasteiger partial charge in [0.15, 0.2) is 0 Å². The third kappa shape index (κ3) is 3.13. The van der Waals surface area contributed by atoms with Crippen molar-refractivity contribution in [2.24, 2.45) is 0 Å². The number of hydrogen-bond donors (Lipinski definition) is 0. The monoisotopic (exact) mass is 306 g/mol. The summed E-state index contributed by atoms with van der Waals surface area (Å²) in [5.74, 6) is 0.746. The molecule has 1 saturated heterocycles. The van der Waals surface area contributed by atoms with E-state index in [2.05, 4.69) is 36.4 Å². The average Bonchev–Trinajstić information content (AvgIpc) is 3.09. The van der Waals surface area contributed by atoms with Gasteiger partial charge in [0, 0.05) is 16.2 Å². The van der Waals surface area contributed by atoms with Crippen molar-refractivity contribution in [2.75, 3.05) is 20.1 Å². The van der Waals surface area contributed by atoms with E-state index in [1.807, 2.05) is 22.7 Å². The van der Waals surface area contributed by atoms with E-state index >= 15 is 0 Å². The standard InChI is InChI=1S/C16H22N2S2/c1-3-14-16(12-6-8-18(2)9-7-12)20-15(17-14)11-13-5-4-10-19-13/h4-5,10,12H,3,6-9,11H2,1-2H3. The number of likely N-dealkylation sites (tertiary alicyclic amines) is 1. The van der Waals surface area contributed by atoms with E-state index in [9.17, 15) is 0 Å². The first-order valence-corrected chi connectivity index (χ1v) is 9.15. The lowest BCUT2D eigenvalue weighted by Crippen LogP contribution is -2.29. The van der Waals surface area contributed by atoms with Crippen LogP contribution in [0.5, 0.6) is 0 Å². The molecule has 0 saturated carbocycles.